The molecule has 0 N–H and O–H groups in total. The van der Waals surface area contributed by atoms with Crippen molar-refractivity contribution in [1.29, 1.82) is 0 Å². The average Bonchev–Trinajstić information content (AvgIpc) is 2.25. The lowest BCUT2D eigenvalue weighted by molar-refractivity contribution is -0.0885. The van der Waals surface area contributed by atoms with Gasteiger partial charge in [0.25, 0.3) is 5.78 Å². The van der Waals surface area contributed by atoms with Gasteiger partial charge >= 0.3 is 6.18 Å². The van der Waals surface area contributed by atoms with E-state index >= 15 is 0 Å². The van der Waals surface area contributed by atoms with Gasteiger partial charge in [-0.2, -0.15) is 13.2 Å². The van der Waals surface area contributed by atoms with Gasteiger partial charge in [0.1, 0.15) is 5.15 Å². The zero-order chi connectivity index (χ0) is 12.6. The number of alkyl halides is 3. The molecule has 0 bridgehead atoms. The van der Waals surface area contributed by atoms with Gasteiger partial charge in [-0.05, 0) is 17.5 Å². The van der Waals surface area contributed by atoms with Crippen LogP contribution in [0.3, 0.4) is 0 Å². The summed E-state index contributed by atoms with van der Waals surface area (Å²) in [4.78, 5) is 14.8. The first-order valence-corrected chi connectivity index (χ1v) is 4.92. The van der Waals surface area contributed by atoms with Crippen molar-refractivity contribution in [2.45, 2.75) is 6.18 Å². The van der Waals surface area contributed by atoms with Crippen LogP contribution in [0.2, 0.25) is 5.15 Å². The van der Waals surface area contributed by atoms with Gasteiger partial charge in [0.05, 0.1) is 0 Å². The molecule has 6 heteroatoms. The molecule has 0 atom stereocenters. The monoisotopic (exact) mass is 259 g/mol. The lowest BCUT2D eigenvalue weighted by Gasteiger charge is -2.06. The molecule has 0 fully saturated rings. The molecule has 2 rings (SSSR count). The molecular weight excluding hydrogens is 255 g/mol. The quantitative estimate of drug-likeness (QED) is 0.578. The van der Waals surface area contributed by atoms with Crippen LogP contribution in [0.25, 0.3) is 10.8 Å². The summed E-state index contributed by atoms with van der Waals surface area (Å²) in [5, 5.41) is 1.22. The van der Waals surface area contributed by atoms with E-state index < -0.39 is 17.5 Å². The summed E-state index contributed by atoms with van der Waals surface area (Å²) in [5.74, 6) is -1.87. The third-order valence-corrected chi connectivity index (χ3v) is 2.41. The number of halogens is 4. The first-order valence-electron chi connectivity index (χ1n) is 4.55. The molecule has 1 heterocycles. The third kappa shape index (κ3) is 2.39. The molecule has 0 aliphatic rings. The van der Waals surface area contributed by atoms with Crippen molar-refractivity contribution >= 4 is 28.2 Å². The molecule has 0 saturated heterocycles. The van der Waals surface area contributed by atoms with E-state index in [1.54, 1.807) is 0 Å². The van der Waals surface area contributed by atoms with E-state index in [1.165, 1.54) is 18.3 Å². The topological polar surface area (TPSA) is 30.0 Å². The highest BCUT2D eigenvalue weighted by Crippen LogP contribution is 2.24. The Morgan fingerprint density at radius 2 is 1.88 bits per heavy atom. The number of Topliss-reactive ketones (excluding diaryl/α,β-unsaturated/α-hetero) is 1. The van der Waals surface area contributed by atoms with E-state index in [0.29, 0.717) is 10.8 Å². The Morgan fingerprint density at radius 1 is 1.18 bits per heavy atom. The number of hydrogen-bond acceptors (Lipinski definition) is 2. The number of aromatic nitrogens is 1. The predicted molar refractivity (Wildman–Crippen MR) is 57.1 cm³/mol. The number of carbonyl (C=O) groups is 1. The number of pyridine rings is 1. The molecule has 1 aromatic heterocycles. The van der Waals surface area contributed by atoms with Gasteiger partial charge in [-0.1, -0.05) is 23.7 Å². The Hall–Kier alpha value is -1.62. The van der Waals surface area contributed by atoms with Crippen LogP contribution in [0.1, 0.15) is 10.4 Å². The van der Waals surface area contributed by atoms with Crippen LogP contribution >= 0.6 is 11.6 Å². The molecule has 0 saturated carbocycles. The Bertz CT molecular complexity index is 595. The van der Waals surface area contributed by atoms with Crippen molar-refractivity contribution < 1.29 is 18.0 Å². The second kappa shape index (κ2) is 4.00. The van der Waals surface area contributed by atoms with Crippen molar-refractivity contribution in [3.63, 3.8) is 0 Å². The van der Waals surface area contributed by atoms with Crippen molar-refractivity contribution in [2.75, 3.05) is 0 Å². The van der Waals surface area contributed by atoms with Crippen LogP contribution < -0.4 is 0 Å². The molecule has 0 aliphatic heterocycles. The first-order chi connectivity index (χ1) is 7.88. The van der Waals surface area contributed by atoms with E-state index in [2.05, 4.69) is 4.98 Å². The van der Waals surface area contributed by atoms with E-state index in [0.717, 1.165) is 12.1 Å². The number of fused-ring (bicyclic) bond motifs is 1. The summed E-state index contributed by atoms with van der Waals surface area (Å²) >= 11 is 5.62. The van der Waals surface area contributed by atoms with Gasteiger partial charge in [-0.25, -0.2) is 4.98 Å². The van der Waals surface area contributed by atoms with E-state index in [-0.39, 0.29) is 5.15 Å². The molecule has 2 nitrogen and oxygen atoms in total. The lowest BCUT2D eigenvalue weighted by Crippen LogP contribution is -2.22. The summed E-state index contributed by atoms with van der Waals surface area (Å²) in [6.45, 7) is 0. The van der Waals surface area contributed by atoms with Crippen molar-refractivity contribution in [3.05, 3.63) is 41.2 Å². The molecule has 2 aromatic rings. The zero-order valence-electron chi connectivity index (χ0n) is 8.25. The van der Waals surface area contributed by atoms with Gasteiger partial charge in [0.15, 0.2) is 0 Å². The molecule has 0 aliphatic carbocycles. The maximum Gasteiger partial charge on any atom is 0.454 e. The van der Waals surface area contributed by atoms with Crippen molar-refractivity contribution in [2.24, 2.45) is 0 Å². The van der Waals surface area contributed by atoms with Crippen LogP contribution in [0, 0.1) is 0 Å². The fourth-order valence-electron chi connectivity index (χ4n) is 1.42. The first kappa shape index (κ1) is 11.9. The van der Waals surface area contributed by atoms with Crippen molar-refractivity contribution in [3.8, 4) is 0 Å². The minimum Gasteiger partial charge on any atom is -0.284 e. The smallest absolute Gasteiger partial charge is 0.284 e. The van der Waals surface area contributed by atoms with Crippen LogP contribution in [-0.2, 0) is 0 Å². The normalized spacial score (nSPS) is 11.8. The highest BCUT2D eigenvalue weighted by molar-refractivity contribution is 6.30. The van der Waals surface area contributed by atoms with Gasteiger partial charge in [-0.15, -0.1) is 0 Å². The fourth-order valence-corrected chi connectivity index (χ4v) is 1.59. The summed E-state index contributed by atoms with van der Waals surface area (Å²) in [6, 6.07) is 5.08. The van der Waals surface area contributed by atoms with Gasteiger partial charge in [0.2, 0.25) is 0 Å². The molecule has 0 radical (unpaired) electrons. The Labute approximate surface area is 99.0 Å². The van der Waals surface area contributed by atoms with Gasteiger partial charge in [0, 0.05) is 17.1 Å². The van der Waals surface area contributed by atoms with Crippen LogP contribution in [0.15, 0.2) is 30.5 Å². The number of carbonyl (C=O) groups excluding carboxylic acids is 1. The number of rotatable bonds is 1. The Balaban J connectivity index is 2.54. The summed E-state index contributed by atoms with van der Waals surface area (Å²) in [6.07, 6.45) is -3.44. The minimum absolute atomic E-state index is 0.161. The summed E-state index contributed by atoms with van der Waals surface area (Å²) in [7, 11) is 0. The Morgan fingerprint density at radius 3 is 2.53 bits per heavy atom. The maximum atomic E-state index is 12.2. The zero-order valence-corrected chi connectivity index (χ0v) is 9.01. The number of benzene rings is 1. The SMILES string of the molecule is O=C(c1ccc2cnc(Cl)cc2c1)C(F)(F)F. The number of ketones is 1. The summed E-state index contributed by atoms with van der Waals surface area (Å²) in [5.41, 5.74) is -0.410. The maximum absolute atomic E-state index is 12.2. The van der Waals surface area contributed by atoms with E-state index in [1.807, 2.05) is 0 Å². The van der Waals surface area contributed by atoms with Gasteiger partial charge < -0.3 is 0 Å². The molecule has 0 amide bonds. The molecule has 0 unspecified atom stereocenters. The predicted octanol–water partition coefficient (Wildman–Crippen LogP) is 3.63. The van der Waals surface area contributed by atoms with Crippen LogP contribution in [0.5, 0.6) is 0 Å². The van der Waals surface area contributed by atoms with E-state index in [9.17, 15) is 18.0 Å². The minimum atomic E-state index is -4.87. The lowest BCUT2D eigenvalue weighted by atomic mass is 10.1. The largest absolute Gasteiger partial charge is 0.454 e. The molecule has 1 aromatic carbocycles. The summed E-state index contributed by atoms with van der Waals surface area (Å²) < 4.78 is 36.7. The molecule has 0 spiro atoms. The Kier molecular flexibility index (Phi) is 2.79. The third-order valence-electron chi connectivity index (χ3n) is 2.21. The molecular formula is C11H5ClF3NO. The fraction of sp³-hybridized carbons (Fsp3) is 0.0909. The van der Waals surface area contributed by atoms with E-state index in [4.69, 9.17) is 11.6 Å². The second-order valence-corrected chi connectivity index (χ2v) is 3.78. The highest BCUT2D eigenvalue weighted by Gasteiger charge is 2.39. The highest BCUT2D eigenvalue weighted by atomic mass is 35.5. The second-order valence-electron chi connectivity index (χ2n) is 3.40. The molecule has 88 valence electrons. The average molecular weight is 260 g/mol. The molecule has 17 heavy (non-hydrogen) atoms. The van der Waals surface area contributed by atoms with Crippen molar-refractivity contribution in [1.82, 2.24) is 4.98 Å². The number of nitrogens with zero attached hydrogens (tertiary/aromatic N) is 1. The van der Waals surface area contributed by atoms with Gasteiger partial charge in [-0.3, -0.25) is 4.79 Å². The van der Waals surface area contributed by atoms with Crippen LogP contribution in [-0.4, -0.2) is 16.9 Å². The number of hydrogen-bond donors (Lipinski definition) is 0. The van der Waals surface area contributed by atoms with Crippen LogP contribution in [0.4, 0.5) is 13.2 Å². The standard InChI is InChI=1S/C11H5ClF3NO/c12-9-4-8-3-6(10(17)11(13,14)15)1-2-7(8)5-16-9/h1-5H.